The Hall–Kier alpha value is 0.0869. The topological polar surface area (TPSA) is 55.8 Å². The number of aliphatic hydroxyl groups is 1. The number of ether oxygens (including phenoxy) is 1. The Labute approximate surface area is 136 Å². The Kier molecular flexibility index (Phi) is 4.67. The van der Waals surface area contributed by atoms with Gasteiger partial charge in [0.25, 0.3) is 0 Å². The molecule has 0 amide bonds. The fraction of sp³-hybridized carbons (Fsp3) is 0.933. The van der Waals surface area contributed by atoms with Gasteiger partial charge in [-0.1, -0.05) is 36.7 Å². The molecule has 2 rings (SSSR count). The first-order chi connectivity index (χ1) is 9.49. The summed E-state index contributed by atoms with van der Waals surface area (Å²) in [5, 5.41) is 10.7. The SMILES string of the molecule is CC(C)(C)[Si](C)(C)O[C@@H]1CC[C@H](Br)[C@@H](O)[C@@]12CCC(=O)O2. The van der Waals surface area contributed by atoms with Gasteiger partial charge in [0.1, 0.15) is 6.10 Å². The number of carbonyl (C=O) groups is 1. The van der Waals surface area contributed by atoms with E-state index in [1.807, 2.05) is 0 Å². The third-order valence-corrected chi connectivity index (χ3v) is 10.8. The lowest BCUT2D eigenvalue weighted by Gasteiger charge is -2.49. The summed E-state index contributed by atoms with van der Waals surface area (Å²) in [6.45, 7) is 11.0. The minimum absolute atomic E-state index is 0.0392. The van der Waals surface area contributed by atoms with Crippen LogP contribution in [0, 0.1) is 0 Å². The fourth-order valence-corrected chi connectivity index (χ4v) is 5.04. The summed E-state index contributed by atoms with van der Waals surface area (Å²) < 4.78 is 12.2. The highest BCUT2D eigenvalue weighted by molar-refractivity contribution is 9.09. The van der Waals surface area contributed by atoms with Crippen LogP contribution in [0.2, 0.25) is 18.1 Å². The fourth-order valence-electron chi connectivity index (χ4n) is 2.95. The van der Waals surface area contributed by atoms with Crippen molar-refractivity contribution in [3.63, 3.8) is 0 Å². The van der Waals surface area contributed by atoms with Gasteiger partial charge < -0.3 is 14.3 Å². The van der Waals surface area contributed by atoms with Crippen LogP contribution >= 0.6 is 15.9 Å². The molecule has 1 spiro atoms. The van der Waals surface area contributed by atoms with Crippen molar-refractivity contribution in [2.24, 2.45) is 0 Å². The molecule has 1 heterocycles. The summed E-state index contributed by atoms with van der Waals surface area (Å²) in [5.41, 5.74) is -0.862. The van der Waals surface area contributed by atoms with Gasteiger partial charge in [-0.3, -0.25) is 4.79 Å². The van der Waals surface area contributed by atoms with Gasteiger partial charge in [0.15, 0.2) is 13.9 Å². The van der Waals surface area contributed by atoms with E-state index in [0.29, 0.717) is 12.8 Å². The Bertz CT molecular complexity index is 420. The summed E-state index contributed by atoms with van der Waals surface area (Å²) in [5.74, 6) is -0.223. The molecule has 122 valence electrons. The number of esters is 1. The highest BCUT2D eigenvalue weighted by Crippen LogP contribution is 2.47. The molecule has 4 nitrogen and oxygen atoms in total. The lowest BCUT2D eigenvalue weighted by atomic mass is 9.78. The van der Waals surface area contributed by atoms with Gasteiger partial charge in [-0.2, -0.15) is 0 Å². The highest BCUT2D eigenvalue weighted by Gasteiger charge is 2.58. The molecule has 4 atom stereocenters. The molecule has 0 unspecified atom stereocenters. The minimum Gasteiger partial charge on any atom is -0.453 e. The number of alkyl halides is 1. The van der Waals surface area contributed by atoms with E-state index in [-0.39, 0.29) is 21.9 Å². The summed E-state index contributed by atoms with van der Waals surface area (Å²) >= 11 is 3.52. The number of hydrogen-bond acceptors (Lipinski definition) is 4. The van der Waals surface area contributed by atoms with Crippen molar-refractivity contribution in [3.05, 3.63) is 0 Å². The Morgan fingerprint density at radius 3 is 2.48 bits per heavy atom. The molecule has 0 radical (unpaired) electrons. The smallest absolute Gasteiger partial charge is 0.306 e. The van der Waals surface area contributed by atoms with E-state index < -0.39 is 20.0 Å². The molecule has 0 bridgehead atoms. The molecular formula is C15H27BrO4Si. The van der Waals surface area contributed by atoms with Crippen LogP contribution in [0.15, 0.2) is 0 Å². The molecule has 0 aromatic rings. The molecule has 0 aromatic heterocycles. The van der Waals surface area contributed by atoms with E-state index in [1.54, 1.807) is 0 Å². The predicted octanol–water partition coefficient (Wildman–Crippen LogP) is 3.37. The molecule has 6 heteroatoms. The number of aliphatic hydroxyl groups excluding tert-OH is 1. The lowest BCUT2D eigenvalue weighted by Crippen LogP contribution is -2.62. The Morgan fingerprint density at radius 2 is 2.00 bits per heavy atom. The molecule has 2 aliphatic rings. The molecule has 0 aromatic carbocycles. The van der Waals surface area contributed by atoms with Gasteiger partial charge in [-0.25, -0.2) is 0 Å². The lowest BCUT2D eigenvalue weighted by molar-refractivity contribution is -0.184. The van der Waals surface area contributed by atoms with E-state index in [2.05, 4.69) is 49.8 Å². The van der Waals surface area contributed by atoms with Crippen LogP contribution in [0.25, 0.3) is 0 Å². The maximum absolute atomic E-state index is 11.7. The van der Waals surface area contributed by atoms with Crippen LogP contribution in [-0.4, -0.2) is 42.0 Å². The quantitative estimate of drug-likeness (QED) is 0.454. The highest BCUT2D eigenvalue weighted by atomic mass is 79.9. The van der Waals surface area contributed by atoms with E-state index in [9.17, 15) is 9.90 Å². The second-order valence-corrected chi connectivity index (χ2v) is 13.8. The van der Waals surface area contributed by atoms with Crippen molar-refractivity contribution in [3.8, 4) is 0 Å². The molecule has 1 saturated heterocycles. The summed E-state index contributed by atoms with van der Waals surface area (Å²) in [7, 11) is -1.98. The summed E-state index contributed by atoms with van der Waals surface area (Å²) in [6, 6.07) is 0. The largest absolute Gasteiger partial charge is 0.453 e. The van der Waals surface area contributed by atoms with Crippen LogP contribution in [0.3, 0.4) is 0 Å². The monoisotopic (exact) mass is 378 g/mol. The number of hydrogen-bond donors (Lipinski definition) is 1. The molecule has 2 fully saturated rings. The Morgan fingerprint density at radius 1 is 1.38 bits per heavy atom. The minimum atomic E-state index is -1.98. The molecule has 1 saturated carbocycles. The molecule has 1 aliphatic heterocycles. The standard InChI is InChI=1S/C15H27BrO4Si/c1-14(2,3)21(4,5)20-11-7-6-10(16)13(18)15(11)9-8-12(17)19-15/h10-11,13,18H,6-9H2,1-5H3/t10-,11+,13+,15+/m0/s1. The maximum Gasteiger partial charge on any atom is 0.306 e. The first kappa shape index (κ1) is 17.4. The summed E-state index contributed by atoms with van der Waals surface area (Å²) in [6.07, 6.45) is 1.66. The average molecular weight is 379 g/mol. The third kappa shape index (κ3) is 3.09. The number of rotatable bonds is 2. The number of halogens is 1. The maximum atomic E-state index is 11.7. The first-order valence-electron chi connectivity index (χ1n) is 7.71. The van der Waals surface area contributed by atoms with Crippen molar-refractivity contribution in [1.29, 1.82) is 0 Å². The third-order valence-electron chi connectivity index (χ3n) is 5.36. The van der Waals surface area contributed by atoms with E-state index in [0.717, 1.165) is 12.8 Å². The van der Waals surface area contributed by atoms with Crippen LogP contribution in [0.4, 0.5) is 0 Å². The van der Waals surface area contributed by atoms with Crippen LogP contribution in [-0.2, 0) is 14.0 Å². The van der Waals surface area contributed by atoms with Crippen molar-refractivity contribution >= 4 is 30.2 Å². The van der Waals surface area contributed by atoms with Crippen LogP contribution < -0.4 is 0 Å². The molecule has 21 heavy (non-hydrogen) atoms. The summed E-state index contributed by atoms with van der Waals surface area (Å²) in [4.78, 5) is 11.6. The number of carbonyl (C=O) groups excluding carboxylic acids is 1. The molecule has 1 N–H and O–H groups in total. The van der Waals surface area contributed by atoms with E-state index in [4.69, 9.17) is 9.16 Å². The zero-order valence-electron chi connectivity index (χ0n) is 13.6. The molecular weight excluding hydrogens is 352 g/mol. The van der Waals surface area contributed by atoms with Crippen LogP contribution in [0.1, 0.15) is 46.5 Å². The zero-order valence-corrected chi connectivity index (χ0v) is 16.2. The van der Waals surface area contributed by atoms with E-state index in [1.165, 1.54) is 0 Å². The van der Waals surface area contributed by atoms with Gasteiger partial charge in [0, 0.05) is 17.7 Å². The first-order valence-corrected chi connectivity index (χ1v) is 11.5. The van der Waals surface area contributed by atoms with Crippen molar-refractivity contribution < 1.29 is 19.1 Å². The van der Waals surface area contributed by atoms with Gasteiger partial charge in [-0.05, 0) is 31.0 Å². The van der Waals surface area contributed by atoms with Crippen molar-refractivity contribution in [1.82, 2.24) is 0 Å². The van der Waals surface area contributed by atoms with Gasteiger partial charge in [0.2, 0.25) is 0 Å². The second kappa shape index (κ2) is 5.62. The predicted molar refractivity (Wildman–Crippen MR) is 88.1 cm³/mol. The van der Waals surface area contributed by atoms with Gasteiger partial charge >= 0.3 is 5.97 Å². The van der Waals surface area contributed by atoms with Gasteiger partial charge in [0.05, 0.1) is 6.10 Å². The second-order valence-electron chi connectivity index (χ2n) is 7.83. The van der Waals surface area contributed by atoms with Gasteiger partial charge in [-0.15, -0.1) is 0 Å². The molecule has 1 aliphatic carbocycles. The van der Waals surface area contributed by atoms with Crippen LogP contribution in [0.5, 0.6) is 0 Å². The van der Waals surface area contributed by atoms with E-state index >= 15 is 0 Å². The average Bonchev–Trinajstić information content (AvgIpc) is 2.73. The van der Waals surface area contributed by atoms with Crippen molar-refractivity contribution in [2.45, 2.75) is 87.2 Å². The Balaban J connectivity index is 2.27. The normalized spacial score (nSPS) is 37.9. The zero-order chi connectivity index (χ0) is 16.1. The van der Waals surface area contributed by atoms with Crippen molar-refractivity contribution in [2.75, 3.05) is 0 Å².